The van der Waals surface area contributed by atoms with Crippen LogP contribution in [-0.2, 0) is 6.42 Å². The van der Waals surface area contributed by atoms with Crippen molar-refractivity contribution < 1.29 is 14.6 Å². The number of amides is 1. The Morgan fingerprint density at radius 3 is 2.54 bits per heavy atom. The highest BCUT2D eigenvalue weighted by Gasteiger charge is 2.14. The van der Waals surface area contributed by atoms with Gasteiger partial charge in [-0.1, -0.05) is 54.1 Å². The highest BCUT2D eigenvalue weighted by molar-refractivity contribution is 6.31. The molecule has 0 aliphatic rings. The van der Waals surface area contributed by atoms with E-state index in [2.05, 4.69) is 5.32 Å². The van der Waals surface area contributed by atoms with Crippen molar-refractivity contribution in [3.63, 3.8) is 0 Å². The summed E-state index contributed by atoms with van der Waals surface area (Å²) in [5, 5.41) is 13.0. The molecule has 0 aromatic heterocycles. The zero-order chi connectivity index (χ0) is 18.4. The van der Waals surface area contributed by atoms with Crippen LogP contribution in [0.1, 0.15) is 15.9 Å². The van der Waals surface area contributed by atoms with E-state index in [9.17, 15) is 9.90 Å². The number of phenols is 1. The van der Waals surface area contributed by atoms with E-state index < -0.39 is 5.91 Å². The first-order valence-corrected chi connectivity index (χ1v) is 8.57. The molecule has 0 aliphatic carbocycles. The SMILES string of the molecule is O=C(Nc1ccccc1OCCc1ccccc1)c1cc(Cl)ccc1O. The number of benzene rings is 3. The summed E-state index contributed by atoms with van der Waals surface area (Å²) in [6, 6.07) is 21.5. The molecule has 5 heteroatoms. The van der Waals surface area contributed by atoms with Gasteiger partial charge in [-0.3, -0.25) is 4.79 Å². The predicted octanol–water partition coefficient (Wildman–Crippen LogP) is 4.92. The lowest BCUT2D eigenvalue weighted by Crippen LogP contribution is -2.13. The molecule has 0 bridgehead atoms. The minimum atomic E-state index is -0.455. The standard InChI is InChI=1S/C21H18ClNO3/c22-16-10-11-19(24)17(14-16)21(25)23-18-8-4-5-9-20(18)26-13-12-15-6-2-1-3-7-15/h1-11,14,24H,12-13H2,(H,23,25). The number of para-hydroxylation sites is 2. The number of carbonyl (C=O) groups is 1. The maximum atomic E-state index is 12.4. The number of aromatic hydroxyl groups is 1. The molecule has 0 saturated carbocycles. The van der Waals surface area contributed by atoms with Gasteiger partial charge in [0.25, 0.3) is 5.91 Å². The fourth-order valence-corrected chi connectivity index (χ4v) is 2.67. The number of halogens is 1. The molecule has 0 saturated heterocycles. The van der Waals surface area contributed by atoms with E-state index in [1.165, 1.54) is 23.8 Å². The smallest absolute Gasteiger partial charge is 0.259 e. The van der Waals surface area contributed by atoms with Gasteiger partial charge in [-0.15, -0.1) is 0 Å². The van der Waals surface area contributed by atoms with Crippen LogP contribution in [-0.4, -0.2) is 17.6 Å². The number of rotatable bonds is 6. The van der Waals surface area contributed by atoms with E-state index >= 15 is 0 Å². The largest absolute Gasteiger partial charge is 0.507 e. The molecular formula is C21H18ClNO3. The second-order valence-electron chi connectivity index (χ2n) is 5.70. The number of nitrogens with one attached hydrogen (secondary N) is 1. The Balaban J connectivity index is 1.68. The van der Waals surface area contributed by atoms with E-state index in [0.29, 0.717) is 23.1 Å². The molecule has 4 nitrogen and oxygen atoms in total. The molecule has 0 heterocycles. The maximum absolute atomic E-state index is 12.4. The lowest BCUT2D eigenvalue weighted by atomic mass is 10.1. The normalized spacial score (nSPS) is 10.3. The van der Waals surface area contributed by atoms with E-state index in [1.54, 1.807) is 18.2 Å². The number of phenolic OH excluding ortho intramolecular Hbond substituents is 1. The van der Waals surface area contributed by atoms with Gasteiger partial charge in [0, 0.05) is 11.4 Å². The van der Waals surface area contributed by atoms with Gasteiger partial charge in [0.2, 0.25) is 0 Å². The summed E-state index contributed by atoms with van der Waals surface area (Å²) in [5.74, 6) is -0.0169. The topological polar surface area (TPSA) is 58.6 Å². The van der Waals surface area contributed by atoms with Gasteiger partial charge in [-0.2, -0.15) is 0 Å². The zero-order valence-electron chi connectivity index (χ0n) is 14.0. The van der Waals surface area contributed by atoms with Crippen molar-refractivity contribution in [3.05, 3.63) is 88.9 Å². The lowest BCUT2D eigenvalue weighted by molar-refractivity contribution is 0.102. The summed E-state index contributed by atoms with van der Waals surface area (Å²) in [4.78, 5) is 12.4. The van der Waals surface area contributed by atoms with Crippen LogP contribution < -0.4 is 10.1 Å². The maximum Gasteiger partial charge on any atom is 0.259 e. The average molecular weight is 368 g/mol. The van der Waals surface area contributed by atoms with Crippen LogP contribution in [0.4, 0.5) is 5.69 Å². The van der Waals surface area contributed by atoms with Crippen LogP contribution in [0.3, 0.4) is 0 Å². The fourth-order valence-electron chi connectivity index (χ4n) is 2.50. The minimum absolute atomic E-state index is 0.108. The van der Waals surface area contributed by atoms with Crippen molar-refractivity contribution in [2.75, 3.05) is 11.9 Å². The van der Waals surface area contributed by atoms with Gasteiger partial charge in [0.1, 0.15) is 11.5 Å². The third kappa shape index (κ3) is 4.55. The Bertz CT molecular complexity index is 897. The summed E-state index contributed by atoms with van der Waals surface area (Å²) >= 11 is 5.91. The van der Waals surface area contributed by atoms with Crippen molar-refractivity contribution in [1.29, 1.82) is 0 Å². The molecule has 0 radical (unpaired) electrons. The molecule has 26 heavy (non-hydrogen) atoms. The van der Waals surface area contributed by atoms with Gasteiger partial charge in [0.05, 0.1) is 17.9 Å². The minimum Gasteiger partial charge on any atom is -0.507 e. The second-order valence-corrected chi connectivity index (χ2v) is 6.13. The third-order valence-electron chi connectivity index (χ3n) is 3.83. The number of ether oxygens (including phenoxy) is 1. The summed E-state index contributed by atoms with van der Waals surface area (Å²) in [6.45, 7) is 0.485. The quantitative estimate of drug-likeness (QED) is 0.650. The molecular weight excluding hydrogens is 350 g/mol. The van der Waals surface area contributed by atoms with Gasteiger partial charge in [0.15, 0.2) is 0 Å². The van der Waals surface area contributed by atoms with Crippen LogP contribution in [0.5, 0.6) is 11.5 Å². The van der Waals surface area contributed by atoms with E-state index in [1.807, 2.05) is 36.4 Å². The Kier molecular flexibility index (Phi) is 5.77. The van der Waals surface area contributed by atoms with Crippen molar-refractivity contribution >= 4 is 23.2 Å². The molecule has 132 valence electrons. The van der Waals surface area contributed by atoms with Crippen molar-refractivity contribution in [2.45, 2.75) is 6.42 Å². The molecule has 1 amide bonds. The Hall–Kier alpha value is -2.98. The second kappa shape index (κ2) is 8.41. The zero-order valence-corrected chi connectivity index (χ0v) is 14.7. The summed E-state index contributed by atoms with van der Waals surface area (Å²) in [7, 11) is 0. The van der Waals surface area contributed by atoms with Crippen LogP contribution in [0, 0.1) is 0 Å². The molecule has 3 rings (SSSR count). The Morgan fingerprint density at radius 1 is 1.00 bits per heavy atom. The number of anilines is 1. The highest BCUT2D eigenvalue weighted by atomic mass is 35.5. The van der Waals surface area contributed by atoms with Crippen LogP contribution in [0.15, 0.2) is 72.8 Å². The summed E-state index contributed by atoms with van der Waals surface area (Å²) in [5.41, 5.74) is 1.82. The predicted molar refractivity (Wildman–Crippen MR) is 103 cm³/mol. The molecule has 3 aromatic rings. The third-order valence-corrected chi connectivity index (χ3v) is 4.06. The molecule has 0 fully saturated rings. The van der Waals surface area contributed by atoms with E-state index in [0.717, 1.165) is 6.42 Å². The van der Waals surface area contributed by atoms with Gasteiger partial charge in [-0.05, 0) is 35.9 Å². The monoisotopic (exact) mass is 367 g/mol. The summed E-state index contributed by atoms with van der Waals surface area (Å²) in [6.07, 6.45) is 0.762. The first kappa shape index (κ1) is 17.8. The number of hydrogen-bond acceptors (Lipinski definition) is 3. The first-order chi connectivity index (χ1) is 12.6. The molecule has 3 aromatic carbocycles. The molecule has 2 N–H and O–H groups in total. The number of carbonyl (C=O) groups excluding carboxylic acids is 1. The Morgan fingerprint density at radius 2 is 1.73 bits per heavy atom. The first-order valence-electron chi connectivity index (χ1n) is 8.19. The van der Waals surface area contributed by atoms with Crippen molar-refractivity contribution in [1.82, 2.24) is 0 Å². The van der Waals surface area contributed by atoms with E-state index in [-0.39, 0.29) is 11.3 Å². The van der Waals surface area contributed by atoms with Gasteiger partial charge >= 0.3 is 0 Å². The summed E-state index contributed by atoms with van der Waals surface area (Å²) < 4.78 is 5.83. The van der Waals surface area contributed by atoms with Crippen molar-refractivity contribution in [2.24, 2.45) is 0 Å². The van der Waals surface area contributed by atoms with E-state index in [4.69, 9.17) is 16.3 Å². The Labute approximate surface area is 157 Å². The molecule has 0 atom stereocenters. The molecule has 0 spiro atoms. The van der Waals surface area contributed by atoms with Crippen molar-refractivity contribution in [3.8, 4) is 11.5 Å². The lowest BCUT2D eigenvalue weighted by Gasteiger charge is -2.13. The fraction of sp³-hybridized carbons (Fsp3) is 0.0952. The van der Waals surface area contributed by atoms with Crippen LogP contribution >= 0.6 is 11.6 Å². The van der Waals surface area contributed by atoms with Crippen LogP contribution in [0.25, 0.3) is 0 Å². The molecule has 0 unspecified atom stereocenters. The van der Waals surface area contributed by atoms with Gasteiger partial charge < -0.3 is 15.2 Å². The number of hydrogen-bond donors (Lipinski definition) is 2. The average Bonchev–Trinajstić information content (AvgIpc) is 2.66. The highest BCUT2D eigenvalue weighted by Crippen LogP contribution is 2.27. The van der Waals surface area contributed by atoms with Gasteiger partial charge in [-0.25, -0.2) is 0 Å². The van der Waals surface area contributed by atoms with Crippen LogP contribution in [0.2, 0.25) is 5.02 Å². The molecule has 0 aliphatic heterocycles.